The molecule has 0 spiro atoms. The predicted octanol–water partition coefficient (Wildman–Crippen LogP) is 6.70. The minimum atomic E-state index is -1.00. The van der Waals surface area contributed by atoms with E-state index >= 15 is 0 Å². The number of amides is 1. The van der Waals surface area contributed by atoms with Crippen molar-refractivity contribution in [3.63, 3.8) is 0 Å². The van der Waals surface area contributed by atoms with Crippen LogP contribution in [0.5, 0.6) is 0 Å². The Labute approximate surface area is 198 Å². The predicted molar refractivity (Wildman–Crippen MR) is 136 cm³/mol. The second kappa shape index (κ2) is 15.9. The summed E-state index contributed by atoms with van der Waals surface area (Å²) in [4.78, 5) is 27.1. The molecule has 0 radical (unpaired) electrons. The monoisotopic (exact) mass is 452 g/mol. The van der Waals surface area contributed by atoms with E-state index in [9.17, 15) is 14.7 Å². The molecule has 0 fully saturated rings. The van der Waals surface area contributed by atoms with Gasteiger partial charge in [-0.3, -0.25) is 4.79 Å². The Kier molecular flexibility index (Phi) is 12.7. The largest absolute Gasteiger partial charge is 0.480 e. The molecule has 0 aliphatic heterocycles. The first-order valence-electron chi connectivity index (χ1n) is 12.5. The Bertz CT molecular complexity index is 897. The minimum Gasteiger partial charge on any atom is -0.480 e. The van der Waals surface area contributed by atoms with Crippen LogP contribution < -0.4 is 5.32 Å². The third kappa shape index (κ3) is 10.6. The summed E-state index contributed by atoms with van der Waals surface area (Å²) in [6, 6.07) is 6.87. The molecule has 0 aliphatic rings. The first kappa shape index (κ1) is 26.4. The van der Waals surface area contributed by atoms with E-state index in [4.69, 9.17) is 0 Å². The van der Waals surface area contributed by atoms with Crippen molar-refractivity contribution in [3.8, 4) is 0 Å². The second-order valence-corrected chi connectivity index (χ2v) is 8.65. The molecule has 2 rings (SSSR count). The first-order chi connectivity index (χ1) is 16.1. The number of carbonyl (C=O) groups is 2. The maximum Gasteiger partial charge on any atom is 0.326 e. The van der Waals surface area contributed by atoms with Crippen molar-refractivity contribution < 1.29 is 14.7 Å². The molecule has 1 heterocycles. The zero-order valence-corrected chi connectivity index (χ0v) is 20.0. The lowest BCUT2D eigenvalue weighted by atomic mass is 10.0. The van der Waals surface area contributed by atoms with Crippen LogP contribution in [0, 0.1) is 0 Å². The summed E-state index contributed by atoms with van der Waals surface area (Å²) < 4.78 is 0. The highest BCUT2D eigenvalue weighted by Crippen LogP contribution is 2.19. The summed E-state index contributed by atoms with van der Waals surface area (Å²) in [6.45, 7) is 2.21. The van der Waals surface area contributed by atoms with E-state index in [-0.39, 0.29) is 12.3 Å². The highest BCUT2D eigenvalue weighted by atomic mass is 16.4. The number of hydrogen-bond donors (Lipinski definition) is 3. The molecule has 5 nitrogen and oxygen atoms in total. The SMILES string of the molecule is CCCC/C=C\C/C=C\CCCCCCCC(=O)N[C@@H](Cc1c[nH]c2ccccc12)C(=O)O. The van der Waals surface area contributed by atoms with Crippen molar-refractivity contribution in [1.82, 2.24) is 10.3 Å². The molecule has 1 amide bonds. The number of aromatic amines is 1. The second-order valence-electron chi connectivity index (χ2n) is 8.65. The zero-order valence-electron chi connectivity index (χ0n) is 20.0. The molecule has 33 heavy (non-hydrogen) atoms. The van der Waals surface area contributed by atoms with E-state index in [0.29, 0.717) is 6.42 Å². The lowest BCUT2D eigenvalue weighted by molar-refractivity contribution is -0.141. The fourth-order valence-corrected chi connectivity index (χ4v) is 3.89. The number of unbranched alkanes of at least 4 members (excludes halogenated alkanes) is 7. The Morgan fingerprint density at radius 3 is 2.42 bits per heavy atom. The van der Waals surface area contributed by atoms with Crippen LogP contribution in [0.1, 0.15) is 83.1 Å². The highest BCUT2D eigenvalue weighted by Gasteiger charge is 2.21. The number of H-pyrrole nitrogens is 1. The van der Waals surface area contributed by atoms with E-state index in [1.54, 1.807) is 0 Å². The Balaban J connectivity index is 1.56. The fourth-order valence-electron chi connectivity index (χ4n) is 3.89. The van der Waals surface area contributed by atoms with Crippen molar-refractivity contribution in [1.29, 1.82) is 0 Å². The van der Waals surface area contributed by atoms with Gasteiger partial charge in [-0.05, 0) is 43.7 Å². The van der Waals surface area contributed by atoms with E-state index in [0.717, 1.165) is 55.0 Å². The zero-order chi connectivity index (χ0) is 23.7. The van der Waals surface area contributed by atoms with Gasteiger partial charge in [-0.15, -0.1) is 0 Å². The van der Waals surface area contributed by atoms with Crippen molar-refractivity contribution in [2.45, 2.75) is 90.0 Å². The maximum atomic E-state index is 12.3. The number of hydrogen-bond acceptors (Lipinski definition) is 2. The number of allylic oxidation sites excluding steroid dienone is 4. The van der Waals surface area contributed by atoms with Crippen LogP contribution in [0.15, 0.2) is 54.8 Å². The van der Waals surface area contributed by atoms with Crippen LogP contribution in [-0.4, -0.2) is 28.0 Å². The third-order valence-corrected chi connectivity index (χ3v) is 5.84. The maximum absolute atomic E-state index is 12.3. The van der Waals surface area contributed by atoms with Gasteiger partial charge in [0, 0.05) is 29.9 Å². The molecule has 1 atom stereocenters. The Morgan fingerprint density at radius 2 is 1.67 bits per heavy atom. The normalized spacial score (nSPS) is 12.6. The number of rotatable bonds is 17. The fraction of sp³-hybridized carbons (Fsp3) is 0.500. The number of para-hydroxylation sites is 1. The molecule has 3 N–H and O–H groups in total. The van der Waals surface area contributed by atoms with Crippen LogP contribution in [0.3, 0.4) is 0 Å². The smallest absolute Gasteiger partial charge is 0.326 e. The van der Waals surface area contributed by atoms with Crippen LogP contribution in [0.25, 0.3) is 10.9 Å². The first-order valence-corrected chi connectivity index (χ1v) is 12.5. The molecular weight excluding hydrogens is 412 g/mol. The van der Waals surface area contributed by atoms with Gasteiger partial charge in [0.25, 0.3) is 0 Å². The van der Waals surface area contributed by atoms with E-state index in [2.05, 4.69) is 41.5 Å². The van der Waals surface area contributed by atoms with E-state index < -0.39 is 12.0 Å². The number of carboxylic acids is 1. The van der Waals surface area contributed by atoms with Gasteiger partial charge >= 0.3 is 5.97 Å². The van der Waals surface area contributed by atoms with Crippen LogP contribution >= 0.6 is 0 Å². The van der Waals surface area contributed by atoms with Crippen LogP contribution in [-0.2, 0) is 16.0 Å². The average molecular weight is 453 g/mol. The summed E-state index contributed by atoms with van der Waals surface area (Å²) in [5, 5.41) is 13.2. The average Bonchev–Trinajstić information content (AvgIpc) is 3.21. The number of fused-ring (bicyclic) bond motifs is 1. The van der Waals surface area contributed by atoms with Gasteiger partial charge < -0.3 is 15.4 Å². The third-order valence-electron chi connectivity index (χ3n) is 5.84. The van der Waals surface area contributed by atoms with Gasteiger partial charge in [-0.25, -0.2) is 4.79 Å². The molecule has 0 unspecified atom stereocenters. The number of aliphatic carboxylic acids is 1. The molecule has 0 saturated carbocycles. The van der Waals surface area contributed by atoms with Gasteiger partial charge in [0.1, 0.15) is 6.04 Å². The molecule has 1 aromatic heterocycles. The lowest BCUT2D eigenvalue weighted by Crippen LogP contribution is -2.42. The minimum absolute atomic E-state index is 0.183. The van der Waals surface area contributed by atoms with Gasteiger partial charge in [0.05, 0.1) is 0 Å². The Morgan fingerprint density at radius 1 is 0.970 bits per heavy atom. The number of carbonyl (C=O) groups excluding carboxylic acids is 1. The standard InChI is InChI=1S/C28H40N2O3/c1-2-3-4-5-6-7-8-9-10-11-12-13-14-15-20-27(31)30-26(28(32)33)21-23-22-29-25-19-17-16-18-24(23)25/h5-6,8-9,16-19,22,26,29H,2-4,7,10-15,20-21H2,1H3,(H,30,31)(H,32,33)/b6-5-,9-8-/t26-/m0/s1. The molecule has 5 heteroatoms. The summed E-state index contributed by atoms with van der Waals surface area (Å²) >= 11 is 0. The Hall–Kier alpha value is -2.82. The van der Waals surface area contributed by atoms with Crippen molar-refractivity contribution in [2.24, 2.45) is 0 Å². The molecular formula is C28H40N2O3. The number of aromatic nitrogens is 1. The lowest BCUT2D eigenvalue weighted by Gasteiger charge is -2.14. The topological polar surface area (TPSA) is 82.2 Å². The summed E-state index contributed by atoms with van der Waals surface area (Å²) in [5.74, 6) is -1.18. The van der Waals surface area contributed by atoms with Gasteiger partial charge in [0.15, 0.2) is 0 Å². The van der Waals surface area contributed by atoms with Crippen LogP contribution in [0.4, 0.5) is 0 Å². The molecule has 0 saturated heterocycles. The van der Waals surface area contributed by atoms with Gasteiger partial charge in [0.2, 0.25) is 5.91 Å². The number of nitrogens with one attached hydrogen (secondary N) is 2. The van der Waals surface area contributed by atoms with Gasteiger partial charge in [-0.2, -0.15) is 0 Å². The van der Waals surface area contributed by atoms with E-state index in [1.807, 2.05) is 30.5 Å². The summed E-state index contributed by atoms with van der Waals surface area (Å²) in [5.41, 5.74) is 1.87. The molecule has 0 bridgehead atoms. The van der Waals surface area contributed by atoms with Gasteiger partial charge in [-0.1, -0.05) is 81.5 Å². The van der Waals surface area contributed by atoms with Crippen molar-refractivity contribution >= 4 is 22.8 Å². The molecule has 2 aromatic rings. The molecule has 1 aromatic carbocycles. The molecule has 180 valence electrons. The van der Waals surface area contributed by atoms with Crippen molar-refractivity contribution in [2.75, 3.05) is 0 Å². The summed E-state index contributed by atoms with van der Waals surface area (Å²) in [7, 11) is 0. The number of benzene rings is 1. The number of carboxylic acid groups (broad SMARTS) is 1. The van der Waals surface area contributed by atoms with E-state index in [1.165, 1.54) is 25.7 Å². The highest BCUT2D eigenvalue weighted by molar-refractivity contribution is 5.86. The van der Waals surface area contributed by atoms with Crippen molar-refractivity contribution in [3.05, 3.63) is 60.3 Å². The molecule has 0 aliphatic carbocycles. The van der Waals surface area contributed by atoms with Crippen LogP contribution in [0.2, 0.25) is 0 Å². The quantitative estimate of drug-likeness (QED) is 0.184. The summed E-state index contributed by atoms with van der Waals surface area (Å²) in [6.07, 6.45) is 22.6.